The Bertz CT molecular complexity index is 1170. The number of hydroxylamine groups is 2. The smallest absolute Gasteiger partial charge is 0.430 e. The summed E-state index contributed by atoms with van der Waals surface area (Å²) in [7, 11) is 0. The molecule has 32 heavy (non-hydrogen) atoms. The fraction of sp³-hybridized carbons (Fsp3) is 0.400. The Balaban J connectivity index is 1.33. The van der Waals surface area contributed by atoms with Gasteiger partial charge in [0.15, 0.2) is 0 Å². The minimum absolute atomic E-state index is 0.226. The van der Waals surface area contributed by atoms with Gasteiger partial charge in [-0.25, -0.2) is 14.8 Å². The zero-order chi connectivity index (χ0) is 22.3. The van der Waals surface area contributed by atoms with E-state index < -0.39 is 6.09 Å². The lowest BCUT2D eigenvalue weighted by Crippen LogP contribution is -2.47. The Morgan fingerprint density at radius 1 is 1.25 bits per heavy atom. The van der Waals surface area contributed by atoms with Crippen LogP contribution in [0, 0.1) is 0 Å². The minimum Gasteiger partial charge on any atom is -0.475 e. The van der Waals surface area contributed by atoms with Gasteiger partial charge in [-0.3, -0.25) is 5.32 Å². The molecular formula is C20H23N7O3S2. The number of piperazine rings is 1. The van der Waals surface area contributed by atoms with Crippen molar-refractivity contribution in [2.45, 2.75) is 19.4 Å². The number of fused-ring (bicyclic) bond motifs is 1. The molecule has 2 aliphatic heterocycles. The molecule has 0 radical (unpaired) electrons. The molecule has 2 aliphatic rings. The molecule has 168 valence electrons. The molecule has 0 bridgehead atoms. The summed E-state index contributed by atoms with van der Waals surface area (Å²) in [6.07, 6.45) is -0.496. The molecule has 1 saturated heterocycles. The maximum Gasteiger partial charge on any atom is 0.430 e. The van der Waals surface area contributed by atoms with Crippen LogP contribution in [0.5, 0.6) is 0 Å². The second-order valence-electron chi connectivity index (χ2n) is 8.18. The van der Waals surface area contributed by atoms with Gasteiger partial charge in [0.05, 0.1) is 35.3 Å². The monoisotopic (exact) mass is 473 g/mol. The third-order valence-electron chi connectivity index (χ3n) is 5.15. The number of nitrogens with one attached hydrogen (secondary N) is 1. The first-order valence-electron chi connectivity index (χ1n) is 10.2. The topological polar surface area (TPSA) is 118 Å². The Morgan fingerprint density at radius 3 is 2.75 bits per heavy atom. The highest BCUT2D eigenvalue weighted by atomic mass is 32.1. The molecule has 0 aromatic carbocycles. The van der Waals surface area contributed by atoms with Gasteiger partial charge in [-0.05, 0) is 25.3 Å². The van der Waals surface area contributed by atoms with E-state index in [-0.39, 0.29) is 11.5 Å². The molecule has 5 heterocycles. The highest BCUT2D eigenvalue weighted by Gasteiger charge is 2.31. The van der Waals surface area contributed by atoms with E-state index in [1.165, 1.54) is 22.7 Å². The van der Waals surface area contributed by atoms with Crippen molar-refractivity contribution >= 4 is 62.3 Å². The molecule has 0 spiro atoms. The Hall–Kier alpha value is -2.96. The quantitative estimate of drug-likeness (QED) is 0.593. The number of hydrogen-bond acceptors (Lipinski definition) is 11. The van der Waals surface area contributed by atoms with Crippen molar-refractivity contribution in [3.05, 3.63) is 27.8 Å². The Morgan fingerprint density at radius 2 is 2.06 bits per heavy atom. The molecule has 3 N–H and O–H groups in total. The van der Waals surface area contributed by atoms with Crippen molar-refractivity contribution in [3.8, 4) is 0 Å². The lowest BCUT2D eigenvalue weighted by atomic mass is 10.1. The summed E-state index contributed by atoms with van der Waals surface area (Å²) in [6, 6.07) is 1.83. The molecule has 3 aromatic heterocycles. The number of nitrogen functional groups attached to an aromatic ring is 1. The maximum absolute atomic E-state index is 12.1. The van der Waals surface area contributed by atoms with Crippen LogP contribution < -0.4 is 16.0 Å². The summed E-state index contributed by atoms with van der Waals surface area (Å²) in [4.78, 5) is 34.2. The number of aromatic nitrogens is 2. The first-order chi connectivity index (χ1) is 15.4. The Labute approximate surface area is 192 Å². The van der Waals surface area contributed by atoms with E-state index in [1.807, 2.05) is 36.1 Å². The van der Waals surface area contributed by atoms with Gasteiger partial charge in [-0.2, -0.15) is 16.3 Å². The standard InChI is InChI=1S/C20H23N7O3S2/c1-20(2)11-29-16(25-20)13-10-32-17-14(13)15(23-18(21)24-17)26-4-6-27(7-5-26)30-19(28)22-12-3-8-31-9-12/h3,8-10H,4-7,11H2,1-2H3,(H,22,28)(H2,21,23,24). The van der Waals surface area contributed by atoms with Gasteiger partial charge >= 0.3 is 6.09 Å². The van der Waals surface area contributed by atoms with Gasteiger partial charge in [0.2, 0.25) is 11.8 Å². The van der Waals surface area contributed by atoms with Gasteiger partial charge in [0.25, 0.3) is 0 Å². The Kier molecular flexibility index (Phi) is 5.35. The molecule has 0 saturated carbocycles. The average molecular weight is 474 g/mol. The third kappa shape index (κ3) is 4.20. The number of thiophene rings is 2. The van der Waals surface area contributed by atoms with Gasteiger partial charge < -0.3 is 20.2 Å². The van der Waals surface area contributed by atoms with Crippen LogP contribution in [-0.2, 0) is 9.57 Å². The van der Waals surface area contributed by atoms with Crippen LogP contribution in [0.15, 0.2) is 27.2 Å². The van der Waals surface area contributed by atoms with Crippen LogP contribution in [0.3, 0.4) is 0 Å². The predicted molar refractivity (Wildman–Crippen MR) is 127 cm³/mol. The number of nitrogens with two attached hydrogens (primary N) is 1. The van der Waals surface area contributed by atoms with Crippen molar-refractivity contribution in [1.29, 1.82) is 0 Å². The molecule has 0 atom stereocenters. The van der Waals surface area contributed by atoms with Crippen molar-refractivity contribution in [1.82, 2.24) is 15.0 Å². The number of carbonyl (C=O) groups is 1. The normalized spacial score (nSPS) is 18.4. The van der Waals surface area contributed by atoms with Crippen molar-refractivity contribution < 1.29 is 14.4 Å². The summed E-state index contributed by atoms with van der Waals surface area (Å²) in [5, 5.41) is 11.0. The van der Waals surface area contributed by atoms with Gasteiger partial charge in [0, 0.05) is 23.8 Å². The van der Waals surface area contributed by atoms with E-state index >= 15 is 0 Å². The highest BCUT2D eigenvalue weighted by molar-refractivity contribution is 7.17. The minimum atomic E-state index is -0.496. The zero-order valence-electron chi connectivity index (χ0n) is 17.7. The van der Waals surface area contributed by atoms with Crippen LogP contribution in [0.1, 0.15) is 19.4 Å². The highest BCUT2D eigenvalue weighted by Crippen LogP contribution is 2.35. The average Bonchev–Trinajstić information content (AvgIpc) is 3.48. The lowest BCUT2D eigenvalue weighted by Gasteiger charge is -2.34. The molecule has 0 unspecified atom stereocenters. The summed E-state index contributed by atoms with van der Waals surface area (Å²) in [6.45, 7) is 6.92. The summed E-state index contributed by atoms with van der Waals surface area (Å²) in [5.41, 5.74) is 7.36. The van der Waals surface area contributed by atoms with Crippen molar-refractivity contribution in [3.63, 3.8) is 0 Å². The van der Waals surface area contributed by atoms with Gasteiger partial charge in [0.1, 0.15) is 17.3 Å². The first-order valence-corrected chi connectivity index (χ1v) is 12.0. The van der Waals surface area contributed by atoms with Gasteiger partial charge in [-0.15, -0.1) is 16.4 Å². The second-order valence-corrected chi connectivity index (χ2v) is 9.82. The van der Waals surface area contributed by atoms with E-state index in [0.717, 1.165) is 27.3 Å². The number of hydrogen-bond donors (Lipinski definition) is 2. The van der Waals surface area contributed by atoms with E-state index in [2.05, 4.69) is 20.2 Å². The molecule has 1 fully saturated rings. The van der Waals surface area contributed by atoms with Crippen LogP contribution in [0.2, 0.25) is 0 Å². The first kappa shape index (κ1) is 20.9. The van der Waals surface area contributed by atoms with E-state index in [4.69, 9.17) is 20.3 Å². The molecular weight excluding hydrogens is 450 g/mol. The fourth-order valence-corrected chi connectivity index (χ4v) is 5.13. The number of anilines is 3. The van der Waals surface area contributed by atoms with Crippen LogP contribution in [0.4, 0.5) is 22.2 Å². The van der Waals surface area contributed by atoms with E-state index in [0.29, 0.717) is 38.7 Å². The molecule has 3 aromatic rings. The molecule has 12 heteroatoms. The SMILES string of the molecule is CC1(C)COC(c2csc3nc(N)nc(N4CCN(OC(=O)Nc5ccsc5)CC4)c23)=N1. The van der Waals surface area contributed by atoms with E-state index in [1.54, 1.807) is 5.06 Å². The summed E-state index contributed by atoms with van der Waals surface area (Å²) in [5.74, 6) is 1.59. The lowest BCUT2D eigenvalue weighted by molar-refractivity contribution is -0.0966. The summed E-state index contributed by atoms with van der Waals surface area (Å²) < 4.78 is 5.88. The predicted octanol–water partition coefficient (Wildman–Crippen LogP) is 3.18. The van der Waals surface area contributed by atoms with Gasteiger partial charge in [-0.1, -0.05) is 0 Å². The second kappa shape index (κ2) is 8.19. The zero-order valence-corrected chi connectivity index (χ0v) is 19.3. The van der Waals surface area contributed by atoms with Crippen molar-refractivity contribution in [2.75, 3.05) is 48.7 Å². The van der Waals surface area contributed by atoms with Crippen LogP contribution in [0.25, 0.3) is 10.2 Å². The molecule has 10 nitrogen and oxygen atoms in total. The molecule has 1 amide bonds. The maximum atomic E-state index is 12.1. The van der Waals surface area contributed by atoms with Crippen molar-refractivity contribution in [2.24, 2.45) is 4.99 Å². The summed E-state index contributed by atoms with van der Waals surface area (Å²) >= 11 is 3.01. The number of amides is 1. The number of carbonyl (C=O) groups excluding carboxylic acids is 1. The number of rotatable bonds is 4. The fourth-order valence-electron chi connectivity index (χ4n) is 3.63. The number of aliphatic imine (C=N–C) groups is 1. The largest absolute Gasteiger partial charge is 0.475 e. The third-order valence-corrected chi connectivity index (χ3v) is 6.70. The van der Waals surface area contributed by atoms with E-state index in [9.17, 15) is 4.79 Å². The number of nitrogens with zero attached hydrogens (tertiary/aromatic N) is 5. The van der Waals surface area contributed by atoms with Crippen LogP contribution >= 0.6 is 22.7 Å². The molecule has 0 aliphatic carbocycles. The van der Waals surface area contributed by atoms with Crippen LogP contribution in [-0.4, -0.2) is 65.3 Å². The molecule has 5 rings (SSSR count). The number of ether oxygens (including phenoxy) is 1.